The highest BCUT2D eigenvalue weighted by Crippen LogP contribution is 2.23. The number of carbonyl (C=O) groups excluding carboxylic acids is 2. The molecule has 1 aliphatic rings. The molecule has 0 unspecified atom stereocenters. The van der Waals surface area contributed by atoms with E-state index in [2.05, 4.69) is 17.6 Å². The van der Waals surface area contributed by atoms with E-state index in [1.807, 2.05) is 0 Å². The molecule has 108 valence electrons. The Morgan fingerprint density at radius 1 is 1.20 bits per heavy atom. The number of carbonyl (C=O) groups is 2. The van der Waals surface area contributed by atoms with Crippen LogP contribution in [0.1, 0.15) is 32.6 Å². The summed E-state index contributed by atoms with van der Waals surface area (Å²) < 4.78 is 0. The van der Waals surface area contributed by atoms with Crippen LogP contribution in [0.2, 0.25) is 5.02 Å². The molecule has 1 fully saturated rings. The number of anilines is 1. The summed E-state index contributed by atoms with van der Waals surface area (Å²) >= 11 is 5.83. The van der Waals surface area contributed by atoms with Gasteiger partial charge in [0.1, 0.15) is 0 Å². The number of rotatable bonds is 2. The van der Waals surface area contributed by atoms with Crippen LogP contribution in [0.4, 0.5) is 5.69 Å². The van der Waals surface area contributed by atoms with Gasteiger partial charge in [-0.2, -0.15) is 0 Å². The smallest absolute Gasteiger partial charge is 0.313 e. The molecule has 0 aromatic heterocycles. The van der Waals surface area contributed by atoms with E-state index in [0.717, 1.165) is 19.3 Å². The summed E-state index contributed by atoms with van der Waals surface area (Å²) in [7, 11) is 0. The van der Waals surface area contributed by atoms with E-state index in [4.69, 9.17) is 11.6 Å². The zero-order valence-corrected chi connectivity index (χ0v) is 12.2. The summed E-state index contributed by atoms with van der Waals surface area (Å²) in [6.07, 6.45) is 4.34. The molecule has 0 saturated heterocycles. The van der Waals surface area contributed by atoms with Crippen molar-refractivity contribution in [3.05, 3.63) is 29.3 Å². The fourth-order valence-corrected chi connectivity index (χ4v) is 2.71. The van der Waals surface area contributed by atoms with Crippen LogP contribution in [0, 0.1) is 5.92 Å². The molecule has 1 aromatic rings. The number of nitrogens with one attached hydrogen (secondary N) is 2. The number of hydrogen-bond acceptors (Lipinski definition) is 2. The summed E-state index contributed by atoms with van der Waals surface area (Å²) in [6, 6.07) is 6.83. The number of halogens is 1. The minimum Gasteiger partial charge on any atom is -0.345 e. The fraction of sp³-hybridized carbons (Fsp3) is 0.467. The maximum atomic E-state index is 11.9. The van der Waals surface area contributed by atoms with Crippen molar-refractivity contribution in [2.45, 2.75) is 38.6 Å². The lowest BCUT2D eigenvalue weighted by Crippen LogP contribution is -2.45. The molecular formula is C15H19ClN2O2. The first-order valence-electron chi connectivity index (χ1n) is 6.93. The Kier molecular flexibility index (Phi) is 5.01. The van der Waals surface area contributed by atoms with Gasteiger partial charge in [0.25, 0.3) is 0 Å². The third kappa shape index (κ3) is 3.97. The first kappa shape index (κ1) is 14.9. The Labute approximate surface area is 123 Å². The van der Waals surface area contributed by atoms with E-state index < -0.39 is 11.8 Å². The first-order chi connectivity index (χ1) is 9.56. The predicted molar refractivity (Wildman–Crippen MR) is 79.6 cm³/mol. The number of hydrogen-bond donors (Lipinski definition) is 2. The van der Waals surface area contributed by atoms with Gasteiger partial charge < -0.3 is 10.6 Å². The molecule has 4 nitrogen and oxygen atoms in total. The maximum absolute atomic E-state index is 11.9. The molecule has 2 amide bonds. The van der Waals surface area contributed by atoms with Crippen LogP contribution >= 0.6 is 11.6 Å². The van der Waals surface area contributed by atoms with E-state index in [9.17, 15) is 9.59 Å². The third-order valence-electron chi connectivity index (χ3n) is 3.72. The summed E-state index contributed by atoms with van der Waals surface area (Å²) in [5.74, 6) is -0.805. The van der Waals surface area contributed by atoms with E-state index in [0.29, 0.717) is 16.6 Å². The molecule has 20 heavy (non-hydrogen) atoms. The second-order valence-electron chi connectivity index (χ2n) is 5.31. The van der Waals surface area contributed by atoms with Gasteiger partial charge in [0.15, 0.2) is 0 Å². The lowest BCUT2D eigenvalue weighted by Gasteiger charge is -2.29. The summed E-state index contributed by atoms with van der Waals surface area (Å²) in [4.78, 5) is 23.7. The van der Waals surface area contributed by atoms with Crippen molar-refractivity contribution in [3.8, 4) is 0 Å². The van der Waals surface area contributed by atoms with Gasteiger partial charge in [0.05, 0.1) is 0 Å². The summed E-state index contributed by atoms with van der Waals surface area (Å²) in [5.41, 5.74) is 0.523. The van der Waals surface area contributed by atoms with E-state index in [-0.39, 0.29) is 6.04 Å². The molecule has 0 aliphatic heterocycles. The second-order valence-corrected chi connectivity index (χ2v) is 5.74. The molecule has 2 N–H and O–H groups in total. The highest BCUT2D eigenvalue weighted by atomic mass is 35.5. The largest absolute Gasteiger partial charge is 0.345 e. The summed E-state index contributed by atoms with van der Waals surface area (Å²) in [5, 5.41) is 5.89. The zero-order valence-electron chi connectivity index (χ0n) is 11.5. The molecule has 2 atom stereocenters. The van der Waals surface area contributed by atoms with Gasteiger partial charge in [-0.15, -0.1) is 0 Å². The van der Waals surface area contributed by atoms with Gasteiger partial charge in [0, 0.05) is 16.8 Å². The standard InChI is InChI=1S/C15H19ClN2O2/c1-10-5-2-3-8-13(10)18-15(20)14(19)17-12-7-4-6-11(16)9-12/h4,6-7,9-10,13H,2-3,5,8H2,1H3,(H,17,19)(H,18,20)/t10-,13+/m1/s1. The van der Waals surface area contributed by atoms with Crippen molar-refractivity contribution in [2.24, 2.45) is 5.92 Å². The van der Waals surface area contributed by atoms with Crippen molar-refractivity contribution in [3.63, 3.8) is 0 Å². The highest BCUT2D eigenvalue weighted by molar-refractivity contribution is 6.40. The van der Waals surface area contributed by atoms with Crippen molar-refractivity contribution < 1.29 is 9.59 Å². The molecule has 5 heteroatoms. The predicted octanol–water partition coefficient (Wildman–Crippen LogP) is 2.97. The van der Waals surface area contributed by atoms with Crippen LogP contribution < -0.4 is 10.6 Å². The second kappa shape index (κ2) is 6.75. The van der Waals surface area contributed by atoms with Crippen LogP contribution in [0.5, 0.6) is 0 Å². The van der Waals surface area contributed by atoms with E-state index in [1.54, 1.807) is 24.3 Å². The maximum Gasteiger partial charge on any atom is 0.313 e. The summed E-state index contributed by atoms with van der Waals surface area (Å²) in [6.45, 7) is 2.11. The van der Waals surface area contributed by atoms with Crippen LogP contribution in [-0.2, 0) is 9.59 Å². The average molecular weight is 295 g/mol. The lowest BCUT2D eigenvalue weighted by molar-refractivity contribution is -0.137. The van der Waals surface area contributed by atoms with Crippen LogP contribution in [0.25, 0.3) is 0 Å². The minimum atomic E-state index is -0.648. The Balaban J connectivity index is 1.90. The Morgan fingerprint density at radius 2 is 1.95 bits per heavy atom. The molecular weight excluding hydrogens is 276 g/mol. The van der Waals surface area contributed by atoms with E-state index in [1.165, 1.54) is 6.42 Å². The quantitative estimate of drug-likeness (QED) is 0.824. The first-order valence-corrected chi connectivity index (χ1v) is 7.31. The van der Waals surface area contributed by atoms with Gasteiger partial charge in [-0.1, -0.05) is 37.4 Å². The molecule has 2 rings (SSSR count). The molecule has 0 spiro atoms. The molecule has 0 radical (unpaired) electrons. The van der Waals surface area contributed by atoms with Gasteiger partial charge in [-0.05, 0) is 37.0 Å². The molecule has 1 saturated carbocycles. The van der Waals surface area contributed by atoms with Crippen LogP contribution in [-0.4, -0.2) is 17.9 Å². The van der Waals surface area contributed by atoms with Crippen molar-refractivity contribution >= 4 is 29.1 Å². The Bertz CT molecular complexity index is 504. The van der Waals surface area contributed by atoms with Crippen molar-refractivity contribution in [1.82, 2.24) is 5.32 Å². The zero-order chi connectivity index (χ0) is 14.5. The number of amides is 2. The topological polar surface area (TPSA) is 58.2 Å². The Morgan fingerprint density at radius 3 is 2.65 bits per heavy atom. The SMILES string of the molecule is C[C@@H]1CCCC[C@@H]1NC(=O)C(=O)Nc1cccc(Cl)c1. The average Bonchev–Trinajstić information content (AvgIpc) is 2.41. The molecule has 1 aromatic carbocycles. The van der Waals surface area contributed by atoms with Crippen LogP contribution in [0.3, 0.4) is 0 Å². The van der Waals surface area contributed by atoms with E-state index >= 15 is 0 Å². The van der Waals surface area contributed by atoms with Gasteiger partial charge in [0.2, 0.25) is 0 Å². The highest BCUT2D eigenvalue weighted by Gasteiger charge is 2.25. The normalized spacial score (nSPS) is 22.1. The fourth-order valence-electron chi connectivity index (χ4n) is 2.52. The molecule has 0 heterocycles. The lowest BCUT2D eigenvalue weighted by atomic mass is 9.86. The molecule has 1 aliphatic carbocycles. The molecule has 0 bridgehead atoms. The number of benzene rings is 1. The minimum absolute atomic E-state index is 0.0985. The van der Waals surface area contributed by atoms with Crippen LogP contribution in [0.15, 0.2) is 24.3 Å². The van der Waals surface area contributed by atoms with Crippen molar-refractivity contribution in [1.29, 1.82) is 0 Å². The van der Waals surface area contributed by atoms with Gasteiger partial charge >= 0.3 is 11.8 Å². The van der Waals surface area contributed by atoms with Crippen molar-refractivity contribution in [2.75, 3.05) is 5.32 Å². The Hall–Kier alpha value is -1.55. The third-order valence-corrected chi connectivity index (χ3v) is 3.95. The monoisotopic (exact) mass is 294 g/mol. The van der Waals surface area contributed by atoms with Gasteiger partial charge in [-0.25, -0.2) is 0 Å². The van der Waals surface area contributed by atoms with Gasteiger partial charge in [-0.3, -0.25) is 9.59 Å².